The monoisotopic (exact) mass is 405 g/mol. The number of non-ortho nitro benzene ring substituents is 1. The van der Waals surface area contributed by atoms with E-state index in [1.165, 1.54) is 18.3 Å². The van der Waals surface area contributed by atoms with E-state index in [2.05, 4.69) is 10.5 Å². The largest absolute Gasteiger partial charge is 0.489 e. The van der Waals surface area contributed by atoms with E-state index in [1.807, 2.05) is 0 Å². The number of aliphatic hydroxyl groups is 1. The maximum Gasteiger partial charge on any atom is 0.273 e. The fraction of sp³-hybridized carbons (Fsp3) is 0.0909. The van der Waals surface area contributed by atoms with Crippen molar-refractivity contribution in [1.29, 1.82) is 0 Å². The molecule has 8 heteroatoms. The number of nitro benzene ring substituents is 1. The van der Waals surface area contributed by atoms with E-state index in [-0.39, 0.29) is 12.3 Å². The van der Waals surface area contributed by atoms with Crippen LogP contribution in [0.2, 0.25) is 0 Å². The Bertz CT molecular complexity index is 1040. The summed E-state index contributed by atoms with van der Waals surface area (Å²) in [6.45, 7) is 0.249. The number of carbonyl (C=O) groups is 1. The van der Waals surface area contributed by atoms with Gasteiger partial charge >= 0.3 is 0 Å². The van der Waals surface area contributed by atoms with E-state index >= 15 is 0 Å². The van der Waals surface area contributed by atoms with Gasteiger partial charge in [0.15, 0.2) is 6.10 Å². The van der Waals surface area contributed by atoms with Crippen molar-refractivity contribution >= 4 is 17.8 Å². The highest BCUT2D eigenvalue weighted by molar-refractivity contribution is 5.85. The summed E-state index contributed by atoms with van der Waals surface area (Å²) in [5.41, 5.74) is 4.29. The van der Waals surface area contributed by atoms with Gasteiger partial charge in [-0.3, -0.25) is 14.9 Å². The first-order chi connectivity index (χ1) is 14.5. The number of nitrogens with zero attached hydrogens (tertiary/aromatic N) is 2. The zero-order valence-electron chi connectivity index (χ0n) is 15.8. The van der Waals surface area contributed by atoms with E-state index in [9.17, 15) is 20.0 Å². The average molecular weight is 405 g/mol. The van der Waals surface area contributed by atoms with Crippen molar-refractivity contribution in [2.45, 2.75) is 12.7 Å². The topological polar surface area (TPSA) is 114 Å². The fourth-order valence-electron chi connectivity index (χ4n) is 2.58. The van der Waals surface area contributed by atoms with Gasteiger partial charge in [0.05, 0.1) is 11.1 Å². The third-order valence-corrected chi connectivity index (χ3v) is 4.16. The predicted molar refractivity (Wildman–Crippen MR) is 111 cm³/mol. The summed E-state index contributed by atoms with van der Waals surface area (Å²) in [6, 6.07) is 21.7. The smallest absolute Gasteiger partial charge is 0.273 e. The van der Waals surface area contributed by atoms with Gasteiger partial charge in [0, 0.05) is 12.1 Å². The van der Waals surface area contributed by atoms with Crippen LogP contribution in [-0.2, 0) is 11.4 Å². The molecule has 3 aromatic rings. The van der Waals surface area contributed by atoms with E-state index in [4.69, 9.17) is 4.74 Å². The summed E-state index contributed by atoms with van der Waals surface area (Å²) in [6.07, 6.45) is 0.133. The van der Waals surface area contributed by atoms with Gasteiger partial charge in [0.1, 0.15) is 12.4 Å². The molecule has 0 unspecified atom stereocenters. The molecule has 1 amide bonds. The van der Waals surface area contributed by atoms with Gasteiger partial charge in [-0.25, -0.2) is 5.43 Å². The van der Waals surface area contributed by atoms with Crippen LogP contribution in [0.4, 0.5) is 5.69 Å². The van der Waals surface area contributed by atoms with Crippen LogP contribution in [-0.4, -0.2) is 22.2 Å². The second kappa shape index (κ2) is 9.94. The van der Waals surface area contributed by atoms with E-state index in [0.29, 0.717) is 16.9 Å². The number of nitrogens with one attached hydrogen (secondary N) is 1. The molecule has 0 radical (unpaired) electrons. The Morgan fingerprint density at radius 3 is 2.53 bits per heavy atom. The van der Waals surface area contributed by atoms with Crippen molar-refractivity contribution in [3.8, 4) is 5.75 Å². The van der Waals surface area contributed by atoms with E-state index in [0.717, 1.165) is 5.56 Å². The Hall–Kier alpha value is -4.04. The van der Waals surface area contributed by atoms with Crippen LogP contribution in [0.3, 0.4) is 0 Å². The number of hydrogen-bond acceptors (Lipinski definition) is 6. The maximum atomic E-state index is 12.0. The predicted octanol–water partition coefficient (Wildman–Crippen LogP) is 3.36. The lowest BCUT2D eigenvalue weighted by Gasteiger charge is -2.08. The van der Waals surface area contributed by atoms with Crippen LogP contribution in [0, 0.1) is 10.1 Å². The number of nitro groups is 1. The summed E-state index contributed by atoms with van der Waals surface area (Å²) >= 11 is 0. The van der Waals surface area contributed by atoms with Gasteiger partial charge in [0.2, 0.25) is 0 Å². The molecule has 0 aliphatic rings. The number of ether oxygens (including phenoxy) is 1. The lowest BCUT2D eigenvalue weighted by Crippen LogP contribution is -2.25. The summed E-state index contributed by atoms with van der Waals surface area (Å²) in [7, 11) is 0. The number of amides is 1. The molecule has 0 heterocycles. The molecule has 0 aromatic heterocycles. The third-order valence-electron chi connectivity index (χ3n) is 4.16. The molecule has 30 heavy (non-hydrogen) atoms. The van der Waals surface area contributed by atoms with E-state index < -0.39 is 16.9 Å². The van der Waals surface area contributed by atoms with Crippen molar-refractivity contribution in [3.63, 3.8) is 0 Å². The molecule has 2 N–H and O–H groups in total. The van der Waals surface area contributed by atoms with Crippen molar-refractivity contribution in [3.05, 3.63) is 106 Å². The minimum absolute atomic E-state index is 0.0244. The number of carbonyl (C=O) groups excluding carboxylic acids is 1. The molecule has 0 saturated heterocycles. The molecule has 0 saturated carbocycles. The minimum atomic E-state index is -1.31. The van der Waals surface area contributed by atoms with Crippen molar-refractivity contribution in [1.82, 2.24) is 5.43 Å². The van der Waals surface area contributed by atoms with Crippen LogP contribution in [0.25, 0.3) is 0 Å². The minimum Gasteiger partial charge on any atom is -0.489 e. The van der Waals surface area contributed by atoms with Crippen molar-refractivity contribution in [2.24, 2.45) is 5.10 Å². The number of hydrazone groups is 1. The summed E-state index contributed by atoms with van der Waals surface area (Å²) in [5.74, 6) is -0.0593. The molecule has 0 bridgehead atoms. The Morgan fingerprint density at radius 1 is 1.10 bits per heavy atom. The summed E-state index contributed by atoms with van der Waals surface area (Å²) in [5, 5.41) is 24.6. The fourth-order valence-corrected chi connectivity index (χ4v) is 2.58. The second-order valence-electron chi connectivity index (χ2n) is 6.33. The number of hydrogen-bond donors (Lipinski definition) is 2. The zero-order chi connectivity index (χ0) is 21.3. The maximum absolute atomic E-state index is 12.0. The van der Waals surface area contributed by atoms with Gasteiger partial charge in [-0.15, -0.1) is 0 Å². The molecular formula is C22H19N3O5. The molecule has 1 atom stereocenters. The summed E-state index contributed by atoms with van der Waals surface area (Å²) < 4.78 is 5.70. The van der Waals surface area contributed by atoms with Crippen LogP contribution in [0.5, 0.6) is 5.75 Å². The first-order valence-corrected chi connectivity index (χ1v) is 9.05. The van der Waals surface area contributed by atoms with Gasteiger partial charge in [-0.05, 0) is 41.0 Å². The first-order valence-electron chi connectivity index (χ1n) is 9.05. The molecule has 0 aliphatic carbocycles. The standard InChI is InChI=1S/C22H19N3O5/c26-21(18-6-2-1-3-7-18)22(27)24-23-14-17-5-4-8-20(13-17)30-15-16-9-11-19(12-10-16)25(28)29/h1-14,21,26H,15H2,(H,24,27)/b23-14-/t21-/m0/s1. The Balaban J connectivity index is 1.54. The van der Waals surface area contributed by atoms with Crippen molar-refractivity contribution < 1.29 is 19.6 Å². The molecule has 0 aliphatic heterocycles. The number of aliphatic hydroxyl groups excluding tert-OH is 1. The third kappa shape index (κ3) is 5.73. The van der Waals surface area contributed by atoms with Crippen molar-refractivity contribution in [2.75, 3.05) is 0 Å². The lowest BCUT2D eigenvalue weighted by atomic mass is 10.1. The normalized spacial score (nSPS) is 11.8. The molecule has 3 aromatic carbocycles. The Labute approximate surface area is 172 Å². The molecule has 0 spiro atoms. The SMILES string of the molecule is O=C(N/N=C\c1cccc(OCc2ccc([N+](=O)[O-])cc2)c1)[C@@H](O)c1ccccc1. The highest BCUT2D eigenvalue weighted by Crippen LogP contribution is 2.17. The van der Waals surface area contributed by atoms with E-state index in [1.54, 1.807) is 66.7 Å². The highest BCUT2D eigenvalue weighted by Gasteiger charge is 2.15. The molecule has 8 nitrogen and oxygen atoms in total. The highest BCUT2D eigenvalue weighted by atomic mass is 16.6. The van der Waals surface area contributed by atoms with Crippen LogP contribution in [0.15, 0.2) is 84.0 Å². The Kier molecular flexibility index (Phi) is 6.86. The molecule has 3 rings (SSSR count). The van der Waals surface area contributed by atoms with Crippen LogP contribution in [0.1, 0.15) is 22.8 Å². The Morgan fingerprint density at radius 2 is 1.83 bits per heavy atom. The molecular weight excluding hydrogens is 386 g/mol. The van der Waals surface area contributed by atoms with Crippen LogP contribution >= 0.6 is 0 Å². The van der Waals surface area contributed by atoms with Crippen LogP contribution < -0.4 is 10.2 Å². The molecule has 152 valence electrons. The van der Waals surface area contributed by atoms with Gasteiger partial charge in [-0.1, -0.05) is 42.5 Å². The first kappa shape index (κ1) is 20.7. The number of benzene rings is 3. The van der Waals surface area contributed by atoms with Gasteiger partial charge in [0.25, 0.3) is 11.6 Å². The van der Waals surface area contributed by atoms with Gasteiger partial charge in [-0.2, -0.15) is 5.10 Å². The molecule has 0 fully saturated rings. The van der Waals surface area contributed by atoms with Gasteiger partial charge < -0.3 is 9.84 Å². The average Bonchev–Trinajstić information content (AvgIpc) is 2.78. The second-order valence-corrected chi connectivity index (χ2v) is 6.33. The quantitative estimate of drug-likeness (QED) is 0.339. The lowest BCUT2D eigenvalue weighted by molar-refractivity contribution is -0.384. The number of rotatable bonds is 8. The zero-order valence-corrected chi connectivity index (χ0v) is 15.8. The summed E-state index contributed by atoms with van der Waals surface area (Å²) in [4.78, 5) is 22.2.